The first-order valence-electron chi connectivity index (χ1n) is 23.7. The summed E-state index contributed by atoms with van der Waals surface area (Å²) in [5.41, 5.74) is 15.4. The molecule has 0 fully saturated rings. The highest BCUT2D eigenvalue weighted by molar-refractivity contribution is 6.20. The number of fused-ring (bicyclic) bond motifs is 11. The van der Waals surface area contributed by atoms with Crippen LogP contribution in [0.5, 0.6) is 0 Å². The van der Waals surface area contributed by atoms with Gasteiger partial charge in [-0.05, 0) is 116 Å². The van der Waals surface area contributed by atoms with Crippen LogP contribution < -0.4 is 4.90 Å². The minimum absolute atomic E-state index is 0.871. The minimum atomic E-state index is 0.871. The van der Waals surface area contributed by atoms with Gasteiger partial charge in [-0.2, -0.15) is 0 Å². The maximum Gasteiger partial charge on any atom is 0.143 e. The number of para-hydroxylation sites is 4. The standard InChI is InChI=1S/C66H42N2O/c1-4-22-50-44(17-1)37-40-58-65-57(29-16-34-64(65)69-66(50)58)55-27-9-13-32-62(55)67(63-33-14-10-28-56(63)59-42-46-18-2-3-21-49(46)51-23-5-6-24-52(51)59)47-38-35-43(36-39-47)45-19-15-20-48(41-45)68-60-30-11-7-25-53(60)54-26-8-12-31-61(54)68/h1-42H. The topological polar surface area (TPSA) is 21.3 Å². The van der Waals surface area contributed by atoms with Crippen LogP contribution in [-0.4, -0.2) is 4.57 Å². The van der Waals surface area contributed by atoms with Gasteiger partial charge in [-0.25, -0.2) is 0 Å². The summed E-state index contributed by atoms with van der Waals surface area (Å²) in [6.07, 6.45) is 0. The molecular weight excluding hydrogens is 837 g/mol. The van der Waals surface area contributed by atoms with Gasteiger partial charge in [0, 0.05) is 49.4 Å². The van der Waals surface area contributed by atoms with Crippen molar-refractivity contribution in [1.82, 2.24) is 4.57 Å². The fraction of sp³-hybridized carbons (Fsp3) is 0. The molecule has 0 aliphatic carbocycles. The molecule has 69 heavy (non-hydrogen) atoms. The third-order valence-electron chi connectivity index (χ3n) is 14.2. The minimum Gasteiger partial charge on any atom is -0.455 e. The molecular formula is C66H42N2O. The van der Waals surface area contributed by atoms with Gasteiger partial charge in [-0.15, -0.1) is 0 Å². The van der Waals surface area contributed by atoms with E-state index in [0.717, 1.165) is 83.3 Å². The molecule has 2 heterocycles. The van der Waals surface area contributed by atoms with Crippen molar-refractivity contribution in [3.63, 3.8) is 0 Å². The Morgan fingerprint density at radius 2 is 0.884 bits per heavy atom. The van der Waals surface area contributed by atoms with Gasteiger partial charge in [0.15, 0.2) is 0 Å². The molecule has 14 aromatic rings. The van der Waals surface area contributed by atoms with Crippen LogP contribution in [0.2, 0.25) is 0 Å². The lowest BCUT2D eigenvalue weighted by molar-refractivity contribution is 0.673. The molecule has 322 valence electrons. The summed E-state index contributed by atoms with van der Waals surface area (Å²) in [5, 5.41) is 11.9. The van der Waals surface area contributed by atoms with Crippen molar-refractivity contribution in [2.24, 2.45) is 0 Å². The van der Waals surface area contributed by atoms with E-state index in [2.05, 4.69) is 264 Å². The van der Waals surface area contributed by atoms with Crippen LogP contribution in [0, 0.1) is 0 Å². The molecule has 0 saturated heterocycles. The Balaban J connectivity index is 0.973. The second kappa shape index (κ2) is 15.7. The monoisotopic (exact) mass is 878 g/mol. The SMILES string of the molecule is c1cc(-c2ccc(N(c3ccccc3-c3cc4ccccc4c4ccccc34)c3ccccc3-c3cccc4oc5c6ccccc6ccc5c34)cc2)cc(-n2c3ccccc3c3ccccc32)c1. The lowest BCUT2D eigenvalue weighted by atomic mass is 9.91. The van der Waals surface area contributed by atoms with E-state index < -0.39 is 0 Å². The summed E-state index contributed by atoms with van der Waals surface area (Å²) >= 11 is 0. The van der Waals surface area contributed by atoms with Gasteiger partial charge < -0.3 is 13.9 Å². The highest BCUT2D eigenvalue weighted by Crippen LogP contribution is 2.49. The summed E-state index contributed by atoms with van der Waals surface area (Å²) in [5.74, 6) is 0. The molecule has 12 aromatic carbocycles. The Bertz CT molecular complexity index is 4270. The van der Waals surface area contributed by atoms with Crippen molar-refractivity contribution in [3.05, 3.63) is 255 Å². The quantitative estimate of drug-likeness (QED) is 0.149. The van der Waals surface area contributed by atoms with E-state index in [4.69, 9.17) is 4.42 Å². The van der Waals surface area contributed by atoms with Crippen molar-refractivity contribution < 1.29 is 4.42 Å². The third-order valence-corrected chi connectivity index (χ3v) is 14.2. The third kappa shape index (κ3) is 6.21. The first-order chi connectivity index (χ1) is 34.2. The maximum atomic E-state index is 6.76. The first-order valence-corrected chi connectivity index (χ1v) is 23.7. The summed E-state index contributed by atoms with van der Waals surface area (Å²) < 4.78 is 9.15. The number of anilines is 3. The number of nitrogens with zero attached hydrogens (tertiary/aromatic N) is 2. The van der Waals surface area contributed by atoms with Gasteiger partial charge in [0.25, 0.3) is 0 Å². The van der Waals surface area contributed by atoms with Crippen molar-refractivity contribution in [2.75, 3.05) is 4.90 Å². The smallest absolute Gasteiger partial charge is 0.143 e. The Kier molecular flexibility index (Phi) is 8.90. The molecule has 0 saturated carbocycles. The summed E-state index contributed by atoms with van der Waals surface area (Å²) in [6, 6.07) is 92.6. The largest absolute Gasteiger partial charge is 0.455 e. The van der Waals surface area contributed by atoms with E-state index in [9.17, 15) is 0 Å². The zero-order valence-corrected chi connectivity index (χ0v) is 37.6. The van der Waals surface area contributed by atoms with E-state index in [-0.39, 0.29) is 0 Å². The van der Waals surface area contributed by atoms with Crippen LogP contribution in [0.15, 0.2) is 259 Å². The fourth-order valence-corrected chi connectivity index (χ4v) is 11.1. The van der Waals surface area contributed by atoms with Crippen LogP contribution in [0.4, 0.5) is 17.1 Å². The molecule has 0 amide bonds. The average Bonchev–Trinajstić information content (AvgIpc) is 3.98. The molecule has 0 atom stereocenters. The van der Waals surface area contributed by atoms with E-state index in [0.29, 0.717) is 0 Å². The predicted molar refractivity (Wildman–Crippen MR) is 292 cm³/mol. The molecule has 14 rings (SSSR count). The van der Waals surface area contributed by atoms with Crippen molar-refractivity contribution in [3.8, 4) is 39.1 Å². The molecule has 2 aromatic heterocycles. The van der Waals surface area contributed by atoms with Gasteiger partial charge in [0.05, 0.1) is 22.4 Å². The highest BCUT2D eigenvalue weighted by atomic mass is 16.3. The lowest BCUT2D eigenvalue weighted by Crippen LogP contribution is -2.12. The fourth-order valence-electron chi connectivity index (χ4n) is 11.1. The van der Waals surface area contributed by atoms with Crippen molar-refractivity contribution >= 4 is 93.1 Å². The maximum absolute atomic E-state index is 6.76. The zero-order chi connectivity index (χ0) is 45.4. The molecule has 0 radical (unpaired) electrons. The van der Waals surface area contributed by atoms with Gasteiger partial charge in [-0.1, -0.05) is 188 Å². The highest BCUT2D eigenvalue weighted by Gasteiger charge is 2.24. The van der Waals surface area contributed by atoms with Gasteiger partial charge >= 0.3 is 0 Å². The number of benzene rings is 12. The van der Waals surface area contributed by atoms with Crippen LogP contribution in [0.3, 0.4) is 0 Å². The molecule has 3 heteroatoms. The molecule has 0 spiro atoms. The Hall–Kier alpha value is -9.18. The molecule has 0 unspecified atom stereocenters. The molecule has 0 aliphatic rings. The van der Waals surface area contributed by atoms with Gasteiger partial charge in [0.1, 0.15) is 11.2 Å². The zero-order valence-electron chi connectivity index (χ0n) is 37.6. The average molecular weight is 879 g/mol. The van der Waals surface area contributed by atoms with Gasteiger partial charge in [-0.3, -0.25) is 0 Å². The van der Waals surface area contributed by atoms with Gasteiger partial charge in [0.2, 0.25) is 0 Å². The number of rotatable bonds is 7. The number of hydrogen-bond acceptors (Lipinski definition) is 2. The number of hydrogen-bond donors (Lipinski definition) is 0. The molecule has 0 N–H and O–H groups in total. The Labute approximate surface area is 399 Å². The lowest BCUT2D eigenvalue weighted by Gasteiger charge is -2.30. The second-order valence-electron chi connectivity index (χ2n) is 18.0. The molecule has 3 nitrogen and oxygen atoms in total. The Morgan fingerprint density at radius 3 is 1.62 bits per heavy atom. The summed E-state index contributed by atoms with van der Waals surface area (Å²) in [4.78, 5) is 2.46. The Morgan fingerprint density at radius 1 is 0.319 bits per heavy atom. The second-order valence-corrected chi connectivity index (χ2v) is 18.0. The summed E-state index contributed by atoms with van der Waals surface area (Å²) in [6.45, 7) is 0. The predicted octanol–water partition coefficient (Wildman–Crippen LogP) is 18.6. The van der Waals surface area contributed by atoms with Crippen LogP contribution >= 0.6 is 0 Å². The van der Waals surface area contributed by atoms with Crippen LogP contribution in [0.25, 0.3) is 115 Å². The van der Waals surface area contributed by atoms with Crippen molar-refractivity contribution in [2.45, 2.75) is 0 Å². The number of furan rings is 1. The van der Waals surface area contributed by atoms with Crippen molar-refractivity contribution in [1.29, 1.82) is 0 Å². The molecule has 0 bridgehead atoms. The van der Waals surface area contributed by atoms with E-state index in [1.165, 1.54) is 48.9 Å². The van der Waals surface area contributed by atoms with Crippen LogP contribution in [0.1, 0.15) is 0 Å². The van der Waals surface area contributed by atoms with Crippen LogP contribution in [-0.2, 0) is 0 Å². The number of aromatic nitrogens is 1. The van der Waals surface area contributed by atoms with E-state index in [1.807, 2.05) is 0 Å². The summed E-state index contributed by atoms with van der Waals surface area (Å²) in [7, 11) is 0. The molecule has 0 aliphatic heterocycles. The van der Waals surface area contributed by atoms with E-state index in [1.54, 1.807) is 0 Å². The normalized spacial score (nSPS) is 11.8. The van der Waals surface area contributed by atoms with E-state index >= 15 is 0 Å². The first kappa shape index (κ1) is 39.0.